The van der Waals surface area contributed by atoms with Crippen LogP contribution in [0.2, 0.25) is 0 Å². The molecule has 0 bridgehead atoms. The summed E-state index contributed by atoms with van der Waals surface area (Å²) in [6.45, 7) is 6.21. The summed E-state index contributed by atoms with van der Waals surface area (Å²) >= 11 is 4.40. The zero-order chi connectivity index (χ0) is 16.5. The molecule has 0 aliphatic carbocycles. The first-order valence-corrected chi connectivity index (χ1v) is 9.92. The van der Waals surface area contributed by atoms with Crippen molar-refractivity contribution < 1.29 is 17.9 Å². The summed E-state index contributed by atoms with van der Waals surface area (Å²) in [5.74, 6) is 0. The molecule has 1 aliphatic heterocycles. The van der Waals surface area contributed by atoms with E-state index in [-0.39, 0.29) is 10.3 Å². The molecule has 0 saturated carbocycles. The number of rotatable bonds is 3. The van der Waals surface area contributed by atoms with Gasteiger partial charge in [0, 0.05) is 19.1 Å². The van der Waals surface area contributed by atoms with Crippen molar-refractivity contribution in [2.45, 2.75) is 43.0 Å². The number of hydrogen-bond donors (Lipinski definition) is 1. The van der Waals surface area contributed by atoms with E-state index in [0.29, 0.717) is 19.5 Å². The monoisotopic (exact) mass is 410 g/mol. The number of carbonyl (C=O) groups excluding carboxylic acids is 1. The highest BCUT2D eigenvalue weighted by atomic mass is 79.9. The SMILES string of the molecule is CC(C)(C)OC(=O)N1CC[C@@H](NS(=O)(=O)c2ccc(Br)s2)C1. The van der Waals surface area contributed by atoms with E-state index in [0.717, 1.165) is 15.1 Å². The van der Waals surface area contributed by atoms with E-state index in [1.54, 1.807) is 32.9 Å². The molecule has 124 valence electrons. The highest BCUT2D eigenvalue weighted by Crippen LogP contribution is 2.26. The maximum Gasteiger partial charge on any atom is 0.410 e. The third kappa shape index (κ3) is 4.68. The van der Waals surface area contributed by atoms with Gasteiger partial charge in [-0.15, -0.1) is 11.3 Å². The van der Waals surface area contributed by atoms with Crippen LogP contribution in [0.25, 0.3) is 0 Å². The Labute approximate surface area is 143 Å². The van der Waals surface area contributed by atoms with Crippen LogP contribution in [0.15, 0.2) is 20.1 Å². The van der Waals surface area contributed by atoms with Crippen LogP contribution in [0.5, 0.6) is 0 Å². The van der Waals surface area contributed by atoms with Crippen molar-refractivity contribution in [1.29, 1.82) is 0 Å². The number of nitrogens with one attached hydrogen (secondary N) is 1. The number of hydrogen-bond acceptors (Lipinski definition) is 5. The number of amides is 1. The molecule has 6 nitrogen and oxygen atoms in total. The third-order valence-electron chi connectivity index (χ3n) is 2.98. The Bertz CT molecular complexity index is 651. The van der Waals surface area contributed by atoms with Crippen molar-refractivity contribution in [1.82, 2.24) is 9.62 Å². The van der Waals surface area contributed by atoms with Crippen molar-refractivity contribution >= 4 is 43.4 Å². The van der Waals surface area contributed by atoms with Gasteiger partial charge in [-0.05, 0) is 55.3 Å². The van der Waals surface area contributed by atoms with E-state index >= 15 is 0 Å². The van der Waals surface area contributed by atoms with Crippen LogP contribution in [0.3, 0.4) is 0 Å². The highest BCUT2D eigenvalue weighted by molar-refractivity contribution is 9.11. The Morgan fingerprint density at radius 2 is 2.14 bits per heavy atom. The van der Waals surface area contributed by atoms with Crippen LogP contribution in [0.1, 0.15) is 27.2 Å². The first kappa shape index (κ1) is 17.7. The fourth-order valence-electron chi connectivity index (χ4n) is 2.07. The molecule has 1 N–H and O–H groups in total. The maximum absolute atomic E-state index is 12.3. The average Bonchev–Trinajstić information content (AvgIpc) is 2.95. The lowest BCUT2D eigenvalue weighted by atomic mass is 10.2. The van der Waals surface area contributed by atoms with Gasteiger partial charge in [0.2, 0.25) is 10.0 Å². The molecular formula is C13H19BrN2O4S2. The number of sulfonamides is 1. The summed E-state index contributed by atoms with van der Waals surface area (Å²) in [7, 11) is -3.55. The van der Waals surface area contributed by atoms with Gasteiger partial charge in [-0.25, -0.2) is 17.9 Å². The van der Waals surface area contributed by atoms with Crippen molar-refractivity contribution in [3.8, 4) is 0 Å². The second-order valence-corrected chi connectivity index (χ2v) is 10.5. The maximum atomic E-state index is 12.3. The number of halogens is 1. The Kier molecular flexibility index (Phi) is 5.20. The third-order valence-corrected chi connectivity index (χ3v) is 6.61. The molecule has 22 heavy (non-hydrogen) atoms. The van der Waals surface area contributed by atoms with Gasteiger partial charge in [0.25, 0.3) is 0 Å². The normalized spacial score (nSPS) is 19.5. The molecular weight excluding hydrogens is 392 g/mol. The molecule has 0 aromatic carbocycles. The smallest absolute Gasteiger partial charge is 0.410 e. The molecule has 1 aliphatic rings. The number of carbonyl (C=O) groups is 1. The fourth-order valence-corrected chi connectivity index (χ4v) is 5.36. The number of nitrogens with zero attached hydrogens (tertiary/aromatic N) is 1. The van der Waals surface area contributed by atoms with Crippen molar-refractivity contribution in [2.75, 3.05) is 13.1 Å². The van der Waals surface area contributed by atoms with Crippen LogP contribution >= 0.6 is 27.3 Å². The molecule has 1 aromatic rings. The van der Waals surface area contributed by atoms with Gasteiger partial charge >= 0.3 is 6.09 Å². The topological polar surface area (TPSA) is 75.7 Å². The number of thiophene rings is 1. The number of ether oxygens (including phenoxy) is 1. The predicted octanol–water partition coefficient (Wildman–Crippen LogP) is 2.80. The second-order valence-electron chi connectivity index (χ2n) is 6.09. The summed E-state index contributed by atoms with van der Waals surface area (Å²) in [5, 5.41) is 0. The first-order valence-electron chi connectivity index (χ1n) is 6.82. The molecule has 0 spiro atoms. The Morgan fingerprint density at radius 1 is 1.45 bits per heavy atom. The lowest BCUT2D eigenvalue weighted by Crippen LogP contribution is -2.40. The van der Waals surface area contributed by atoms with Crippen molar-refractivity contribution in [3.63, 3.8) is 0 Å². The zero-order valence-electron chi connectivity index (χ0n) is 12.6. The largest absolute Gasteiger partial charge is 0.444 e. The van der Waals surface area contributed by atoms with E-state index in [2.05, 4.69) is 20.7 Å². The molecule has 1 aromatic heterocycles. The van der Waals surface area contributed by atoms with Crippen LogP contribution in [-0.4, -0.2) is 44.1 Å². The molecule has 1 fully saturated rings. The van der Waals surface area contributed by atoms with E-state index in [1.165, 1.54) is 4.90 Å². The summed E-state index contributed by atoms with van der Waals surface area (Å²) in [6, 6.07) is 2.96. The highest BCUT2D eigenvalue weighted by Gasteiger charge is 2.32. The fraction of sp³-hybridized carbons (Fsp3) is 0.615. The Morgan fingerprint density at radius 3 is 2.68 bits per heavy atom. The van der Waals surface area contributed by atoms with Gasteiger partial charge in [0.1, 0.15) is 9.81 Å². The van der Waals surface area contributed by atoms with Crippen LogP contribution < -0.4 is 4.72 Å². The lowest BCUT2D eigenvalue weighted by molar-refractivity contribution is 0.0292. The minimum atomic E-state index is -3.55. The van der Waals surface area contributed by atoms with Crippen LogP contribution in [0, 0.1) is 0 Å². The molecule has 0 unspecified atom stereocenters. The molecule has 1 atom stereocenters. The second kappa shape index (κ2) is 6.46. The van der Waals surface area contributed by atoms with Gasteiger partial charge in [0.15, 0.2) is 0 Å². The molecule has 2 rings (SSSR count). The molecule has 1 amide bonds. The summed E-state index contributed by atoms with van der Waals surface area (Å²) in [6.07, 6.45) is 0.165. The van der Waals surface area contributed by atoms with Gasteiger partial charge < -0.3 is 9.64 Å². The van der Waals surface area contributed by atoms with E-state index in [9.17, 15) is 13.2 Å². The van der Waals surface area contributed by atoms with Gasteiger partial charge in [-0.3, -0.25) is 0 Å². The van der Waals surface area contributed by atoms with Gasteiger partial charge in [0.05, 0.1) is 3.79 Å². The Hall–Kier alpha value is -0.640. The van der Waals surface area contributed by atoms with Gasteiger partial charge in [-0.2, -0.15) is 0 Å². The summed E-state index contributed by atoms with van der Waals surface area (Å²) in [4.78, 5) is 13.5. The molecule has 0 radical (unpaired) electrons. The van der Waals surface area contributed by atoms with E-state index in [1.807, 2.05) is 0 Å². The molecule has 2 heterocycles. The van der Waals surface area contributed by atoms with Crippen LogP contribution in [0.4, 0.5) is 4.79 Å². The minimum absolute atomic E-state index is 0.259. The van der Waals surface area contributed by atoms with E-state index < -0.39 is 21.7 Å². The quantitative estimate of drug-likeness (QED) is 0.830. The standard InChI is InChI=1S/C13H19BrN2O4S2/c1-13(2,3)20-12(17)16-7-6-9(8-16)15-22(18,19)11-5-4-10(14)21-11/h4-5,9,15H,6-8H2,1-3H3/t9-/m1/s1. The summed E-state index contributed by atoms with van der Waals surface area (Å²) < 4.78 is 33.5. The van der Waals surface area contributed by atoms with E-state index in [4.69, 9.17) is 4.74 Å². The molecule has 1 saturated heterocycles. The summed E-state index contributed by atoms with van der Waals surface area (Å²) in [5.41, 5.74) is -0.558. The van der Waals surface area contributed by atoms with Crippen LogP contribution in [-0.2, 0) is 14.8 Å². The predicted molar refractivity (Wildman–Crippen MR) is 88.6 cm³/mol. The number of likely N-dealkylation sites (tertiary alicyclic amines) is 1. The van der Waals surface area contributed by atoms with Gasteiger partial charge in [-0.1, -0.05) is 0 Å². The zero-order valence-corrected chi connectivity index (χ0v) is 15.8. The minimum Gasteiger partial charge on any atom is -0.444 e. The molecule has 9 heteroatoms. The Balaban J connectivity index is 1.95. The first-order chi connectivity index (χ1) is 10.1. The van der Waals surface area contributed by atoms with Crippen molar-refractivity contribution in [2.24, 2.45) is 0 Å². The lowest BCUT2D eigenvalue weighted by Gasteiger charge is -2.24. The average molecular weight is 411 g/mol. The van der Waals surface area contributed by atoms with Crippen molar-refractivity contribution in [3.05, 3.63) is 15.9 Å².